The molecule has 0 saturated carbocycles. The number of carbonyl (C=O) groups is 1. The maximum absolute atomic E-state index is 12.9. The van der Waals surface area contributed by atoms with Gasteiger partial charge in [0.15, 0.2) is 0 Å². The summed E-state index contributed by atoms with van der Waals surface area (Å²) in [5, 5.41) is 2.80. The largest absolute Gasteiger partial charge is 0.322 e. The molecule has 0 radical (unpaired) electrons. The van der Waals surface area contributed by atoms with E-state index in [1.165, 1.54) is 24.3 Å². The van der Waals surface area contributed by atoms with E-state index in [2.05, 4.69) is 21.2 Å². The van der Waals surface area contributed by atoms with Gasteiger partial charge in [-0.25, -0.2) is 4.39 Å². The van der Waals surface area contributed by atoms with Gasteiger partial charge in [0.1, 0.15) is 5.82 Å². The van der Waals surface area contributed by atoms with Crippen molar-refractivity contribution in [2.45, 2.75) is 9.79 Å². The summed E-state index contributed by atoms with van der Waals surface area (Å²) >= 11 is 5.06. The lowest BCUT2D eigenvalue weighted by atomic mass is 10.2. The van der Waals surface area contributed by atoms with Gasteiger partial charge in [-0.1, -0.05) is 27.7 Å². The standard InChI is InChI=1S/C19H13BrFNOS/c20-14-3-9-17(10-4-14)24-18-11-7-16(8-12-18)22-19(23)13-1-5-15(21)6-2-13/h1-12H,(H,22,23). The van der Waals surface area contributed by atoms with E-state index in [-0.39, 0.29) is 11.7 Å². The summed E-state index contributed by atoms with van der Waals surface area (Å²) in [6.45, 7) is 0. The van der Waals surface area contributed by atoms with E-state index in [0.717, 1.165) is 14.3 Å². The van der Waals surface area contributed by atoms with Crippen molar-refractivity contribution in [3.8, 4) is 0 Å². The second-order valence-electron chi connectivity index (χ2n) is 5.04. The number of hydrogen-bond acceptors (Lipinski definition) is 2. The highest BCUT2D eigenvalue weighted by Crippen LogP contribution is 2.29. The van der Waals surface area contributed by atoms with Crippen LogP contribution in [-0.4, -0.2) is 5.91 Å². The lowest BCUT2D eigenvalue weighted by Gasteiger charge is -2.07. The van der Waals surface area contributed by atoms with Gasteiger partial charge in [-0.15, -0.1) is 0 Å². The molecule has 0 bridgehead atoms. The zero-order valence-electron chi connectivity index (χ0n) is 12.5. The predicted molar refractivity (Wildman–Crippen MR) is 99.1 cm³/mol. The minimum Gasteiger partial charge on any atom is -0.322 e. The van der Waals surface area contributed by atoms with Crippen molar-refractivity contribution in [2.75, 3.05) is 5.32 Å². The third-order valence-corrected chi connectivity index (χ3v) is 4.81. The fraction of sp³-hybridized carbons (Fsp3) is 0. The van der Waals surface area contributed by atoms with Gasteiger partial charge in [-0.3, -0.25) is 4.79 Å². The first-order chi connectivity index (χ1) is 11.6. The highest BCUT2D eigenvalue weighted by Gasteiger charge is 2.06. The Kier molecular flexibility index (Phi) is 5.33. The molecule has 0 saturated heterocycles. The van der Waals surface area contributed by atoms with Gasteiger partial charge < -0.3 is 5.32 Å². The van der Waals surface area contributed by atoms with Crippen molar-refractivity contribution < 1.29 is 9.18 Å². The van der Waals surface area contributed by atoms with E-state index in [0.29, 0.717) is 11.3 Å². The molecule has 1 N–H and O–H groups in total. The first-order valence-corrected chi connectivity index (χ1v) is 8.81. The number of halogens is 2. The van der Waals surface area contributed by atoms with Gasteiger partial charge in [-0.2, -0.15) is 0 Å². The zero-order chi connectivity index (χ0) is 16.9. The number of nitrogens with one attached hydrogen (secondary N) is 1. The zero-order valence-corrected chi connectivity index (χ0v) is 14.9. The molecule has 0 unspecified atom stereocenters. The summed E-state index contributed by atoms with van der Waals surface area (Å²) in [5.41, 5.74) is 1.12. The Morgan fingerprint density at radius 2 is 1.38 bits per heavy atom. The van der Waals surface area contributed by atoms with E-state index in [4.69, 9.17) is 0 Å². The van der Waals surface area contributed by atoms with Crippen LogP contribution < -0.4 is 5.32 Å². The summed E-state index contributed by atoms with van der Waals surface area (Å²) < 4.78 is 13.9. The van der Waals surface area contributed by atoms with Crippen molar-refractivity contribution in [3.63, 3.8) is 0 Å². The second-order valence-corrected chi connectivity index (χ2v) is 7.10. The van der Waals surface area contributed by atoms with Gasteiger partial charge >= 0.3 is 0 Å². The van der Waals surface area contributed by atoms with Crippen LogP contribution in [0.4, 0.5) is 10.1 Å². The quantitative estimate of drug-likeness (QED) is 0.581. The van der Waals surface area contributed by atoms with Crippen molar-refractivity contribution in [1.82, 2.24) is 0 Å². The lowest BCUT2D eigenvalue weighted by Crippen LogP contribution is -2.11. The molecule has 0 atom stereocenters. The van der Waals surface area contributed by atoms with Gasteiger partial charge in [0.2, 0.25) is 0 Å². The van der Waals surface area contributed by atoms with E-state index >= 15 is 0 Å². The topological polar surface area (TPSA) is 29.1 Å². The Morgan fingerprint density at radius 3 is 1.96 bits per heavy atom. The summed E-state index contributed by atoms with van der Waals surface area (Å²) in [7, 11) is 0. The minimum atomic E-state index is -0.360. The van der Waals surface area contributed by atoms with Crippen molar-refractivity contribution >= 4 is 39.3 Å². The molecule has 2 nitrogen and oxygen atoms in total. The van der Waals surface area contributed by atoms with Crippen LogP contribution in [0.1, 0.15) is 10.4 Å². The molecule has 5 heteroatoms. The fourth-order valence-electron chi connectivity index (χ4n) is 2.05. The first-order valence-electron chi connectivity index (χ1n) is 7.20. The number of amides is 1. The Labute approximate surface area is 152 Å². The molecular formula is C19H13BrFNOS. The van der Waals surface area contributed by atoms with Crippen LogP contribution in [0.3, 0.4) is 0 Å². The summed E-state index contributed by atoms with van der Waals surface area (Å²) in [4.78, 5) is 14.3. The summed E-state index contributed by atoms with van der Waals surface area (Å²) in [6.07, 6.45) is 0. The smallest absolute Gasteiger partial charge is 0.255 e. The van der Waals surface area contributed by atoms with Crippen LogP contribution >= 0.6 is 27.7 Å². The summed E-state index contributed by atoms with van der Waals surface area (Å²) in [6, 6.07) is 21.1. The van der Waals surface area contributed by atoms with Crippen LogP contribution in [0, 0.1) is 5.82 Å². The maximum Gasteiger partial charge on any atom is 0.255 e. The highest BCUT2D eigenvalue weighted by atomic mass is 79.9. The second kappa shape index (κ2) is 7.64. The molecule has 120 valence electrons. The molecule has 3 aromatic rings. The number of rotatable bonds is 4. The Bertz CT molecular complexity index is 833. The van der Waals surface area contributed by atoms with Gasteiger partial charge in [-0.05, 0) is 72.8 Å². The molecule has 1 amide bonds. The molecular weight excluding hydrogens is 389 g/mol. The fourth-order valence-corrected chi connectivity index (χ4v) is 3.13. The lowest BCUT2D eigenvalue weighted by molar-refractivity contribution is 0.102. The van der Waals surface area contributed by atoms with E-state index in [1.807, 2.05) is 48.5 Å². The monoisotopic (exact) mass is 401 g/mol. The predicted octanol–water partition coefficient (Wildman–Crippen LogP) is 5.99. The van der Waals surface area contributed by atoms with Crippen molar-refractivity contribution in [2.24, 2.45) is 0 Å². The van der Waals surface area contributed by atoms with Gasteiger partial charge in [0.25, 0.3) is 5.91 Å². The maximum atomic E-state index is 12.9. The molecule has 0 aromatic heterocycles. The molecule has 0 aliphatic carbocycles. The van der Waals surface area contributed by atoms with Crippen LogP contribution in [0.2, 0.25) is 0 Å². The normalized spacial score (nSPS) is 10.4. The molecule has 0 spiro atoms. The molecule has 0 heterocycles. The third kappa shape index (κ3) is 4.46. The van der Waals surface area contributed by atoms with Crippen LogP contribution in [-0.2, 0) is 0 Å². The minimum absolute atomic E-state index is 0.261. The molecule has 0 aliphatic heterocycles. The van der Waals surface area contributed by atoms with E-state index in [1.54, 1.807) is 11.8 Å². The highest BCUT2D eigenvalue weighted by molar-refractivity contribution is 9.10. The molecule has 3 rings (SSSR count). The molecule has 0 fully saturated rings. The Morgan fingerprint density at radius 1 is 0.833 bits per heavy atom. The number of anilines is 1. The SMILES string of the molecule is O=C(Nc1ccc(Sc2ccc(Br)cc2)cc1)c1ccc(F)cc1. The van der Waals surface area contributed by atoms with Crippen LogP contribution in [0.25, 0.3) is 0 Å². The molecule has 0 aliphatic rings. The third-order valence-electron chi connectivity index (χ3n) is 3.27. The Hall–Kier alpha value is -2.11. The van der Waals surface area contributed by atoms with Gasteiger partial charge in [0.05, 0.1) is 0 Å². The van der Waals surface area contributed by atoms with E-state index in [9.17, 15) is 9.18 Å². The molecule has 3 aromatic carbocycles. The Balaban J connectivity index is 1.64. The average molecular weight is 402 g/mol. The number of benzene rings is 3. The molecule has 24 heavy (non-hydrogen) atoms. The van der Waals surface area contributed by atoms with Crippen molar-refractivity contribution in [3.05, 3.63) is 88.6 Å². The van der Waals surface area contributed by atoms with Crippen molar-refractivity contribution in [1.29, 1.82) is 0 Å². The van der Waals surface area contributed by atoms with Crippen LogP contribution in [0.5, 0.6) is 0 Å². The number of hydrogen-bond donors (Lipinski definition) is 1. The van der Waals surface area contributed by atoms with E-state index < -0.39 is 0 Å². The van der Waals surface area contributed by atoms with Gasteiger partial charge in [0, 0.05) is 25.5 Å². The average Bonchev–Trinajstić information content (AvgIpc) is 2.59. The van der Waals surface area contributed by atoms with Crippen LogP contribution in [0.15, 0.2) is 87.1 Å². The number of carbonyl (C=O) groups excluding carboxylic acids is 1. The first kappa shape index (κ1) is 16.7. The summed E-state index contributed by atoms with van der Waals surface area (Å²) in [5.74, 6) is -0.621.